The number of carbonyl (C=O) groups is 2. The summed E-state index contributed by atoms with van der Waals surface area (Å²) in [5, 5.41) is 13.3. The first-order chi connectivity index (χ1) is 9.77. The van der Waals surface area contributed by atoms with Gasteiger partial charge in [0.25, 0.3) is 11.6 Å². The first-order valence-electron chi connectivity index (χ1n) is 6.42. The van der Waals surface area contributed by atoms with Crippen LogP contribution < -0.4 is 16.8 Å². The highest BCUT2D eigenvalue weighted by Gasteiger charge is 2.25. The van der Waals surface area contributed by atoms with Gasteiger partial charge in [-0.15, -0.1) is 0 Å². The first kappa shape index (κ1) is 16.4. The standard InChI is InChI=1S/C13H18N4O4/c1-3-7(2)11(12(15)18)16-13(19)8-4-5-9(14)10(6-8)17(20)21/h4-7,11H,3,14H2,1-2H3,(H2,15,18)(H,16,19). The summed E-state index contributed by atoms with van der Waals surface area (Å²) < 4.78 is 0. The first-order valence-corrected chi connectivity index (χ1v) is 6.42. The topological polar surface area (TPSA) is 141 Å². The van der Waals surface area contributed by atoms with Gasteiger partial charge in [0, 0.05) is 11.6 Å². The van der Waals surface area contributed by atoms with Crippen LogP contribution in [0.2, 0.25) is 0 Å². The molecule has 0 fully saturated rings. The Morgan fingerprint density at radius 3 is 2.52 bits per heavy atom. The Bertz CT molecular complexity index is 573. The third kappa shape index (κ3) is 3.91. The molecular formula is C13H18N4O4. The van der Waals surface area contributed by atoms with Crippen LogP contribution in [-0.4, -0.2) is 22.8 Å². The largest absolute Gasteiger partial charge is 0.393 e. The van der Waals surface area contributed by atoms with Gasteiger partial charge in [0.15, 0.2) is 0 Å². The maximum absolute atomic E-state index is 12.1. The van der Waals surface area contributed by atoms with Crippen molar-refractivity contribution in [2.45, 2.75) is 26.3 Å². The Morgan fingerprint density at radius 1 is 1.43 bits per heavy atom. The summed E-state index contributed by atoms with van der Waals surface area (Å²) in [5.41, 5.74) is 10.4. The van der Waals surface area contributed by atoms with E-state index in [1.165, 1.54) is 12.1 Å². The summed E-state index contributed by atoms with van der Waals surface area (Å²) >= 11 is 0. The molecule has 2 amide bonds. The summed E-state index contributed by atoms with van der Waals surface area (Å²) in [6.45, 7) is 3.64. The number of amides is 2. The Balaban J connectivity index is 3.00. The highest BCUT2D eigenvalue weighted by atomic mass is 16.6. The lowest BCUT2D eigenvalue weighted by molar-refractivity contribution is -0.383. The Hall–Kier alpha value is -2.64. The third-order valence-corrected chi connectivity index (χ3v) is 3.30. The summed E-state index contributed by atoms with van der Waals surface area (Å²) in [4.78, 5) is 33.6. The molecule has 0 spiro atoms. The average molecular weight is 294 g/mol. The van der Waals surface area contributed by atoms with E-state index in [-0.39, 0.29) is 22.9 Å². The van der Waals surface area contributed by atoms with Gasteiger partial charge < -0.3 is 16.8 Å². The van der Waals surface area contributed by atoms with E-state index in [4.69, 9.17) is 11.5 Å². The summed E-state index contributed by atoms with van der Waals surface area (Å²) in [6, 6.07) is 2.86. The number of hydrogen-bond donors (Lipinski definition) is 3. The van der Waals surface area contributed by atoms with Crippen LogP contribution in [0.1, 0.15) is 30.6 Å². The van der Waals surface area contributed by atoms with Gasteiger partial charge in [-0.25, -0.2) is 0 Å². The molecule has 0 bridgehead atoms. The number of carbonyl (C=O) groups excluding carboxylic acids is 2. The number of hydrogen-bond acceptors (Lipinski definition) is 5. The highest BCUT2D eigenvalue weighted by molar-refractivity contribution is 5.98. The van der Waals surface area contributed by atoms with Crippen molar-refractivity contribution in [1.29, 1.82) is 0 Å². The summed E-state index contributed by atoms with van der Waals surface area (Å²) in [5.74, 6) is -1.40. The van der Waals surface area contributed by atoms with E-state index in [2.05, 4.69) is 5.32 Å². The molecule has 8 heteroatoms. The maximum atomic E-state index is 12.1. The molecule has 8 nitrogen and oxygen atoms in total. The number of rotatable bonds is 6. The predicted molar refractivity (Wildman–Crippen MR) is 77.4 cm³/mol. The van der Waals surface area contributed by atoms with Gasteiger partial charge in [-0.05, 0) is 18.1 Å². The fourth-order valence-corrected chi connectivity index (χ4v) is 1.80. The number of nitrogens with one attached hydrogen (secondary N) is 1. The van der Waals surface area contributed by atoms with Crippen molar-refractivity contribution in [2.75, 3.05) is 5.73 Å². The fraction of sp³-hybridized carbons (Fsp3) is 0.385. The smallest absolute Gasteiger partial charge is 0.292 e. The zero-order valence-corrected chi connectivity index (χ0v) is 11.8. The second-order valence-electron chi connectivity index (χ2n) is 4.77. The van der Waals surface area contributed by atoms with Gasteiger partial charge in [-0.2, -0.15) is 0 Å². The number of nitrogens with zero attached hydrogens (tertiary/aromatic N) is 1. The predicted octanol–water partition coefficient (Wildman–Crippen LogP) is 0.807. The lowest BCUT2D eigenvalue weighted by Crippen LogP contribution is -2.48. The van der Waals surface area contributed by atoms with Crippen LogP contribution in [0, 0.1) is 16.0 Å². The van der Waals surface area contributed by atoms with E-state index < -0.39 is 22.8 Å². The molecule has 5 N–H and O–H groups in total. The minimum absolute atomic E-state index is 0.0371. The Morgan fingerprint density at radius 2 is 2.05 bits per heavy atom. The molecule has 1 aromatic carbocycles. The zero-order valence-electron chi connectivity index (χ0n) is 11.8. The number of nitro benzene ring substituents is 1. The number of nitro groups is 1. The van der Waals surface area contributed by atoms with Crippen LogP contribution in [-0.2, 0) is 4.79 Å². The molecule has 1 rings (SSSR count). The lowest BCUT2D eigenvalue weighted by atomic mass is 9.98. The van der Waals surface area contributed by atoms with Crippen LogP contribution in [0.4, 0.5) is 11.4 Å². The van der Waals surface area contributed by atoms with Gasteiger partial charge in [0.05, 0.1) is 4.92 Å². The molecule has 0 saturated carbocycles. The quantitative estimate of drug-likeness (QED) is 0.404. The van der Waals surface area contributed by atoms with Gasteiger partial charge in [-0.1, -0.05) is 20.3 Å². The molecule has 0 radical (unpaired) electrons. The summed E-state index contributed by atoms with van der Waals surface area (Å²) in [6.07, 6.45) is 0.649. The van der Waals surface area contributed by atoms with Crippen LogP contribution >= 0.6 is 0 Å². The van der Waals surface area contributed by atoms with Crippen LogP contribution in [0.5, 0.6) is 0 Å². The number of benzene rings is 1. The van der Waals surface area contributed by atoms with Crippen molar-refractivity contribution in [1.82, 2.24) is 5.32 Å². The molecule has 114 valence electrons. The van der Waals surface area contributed by atoms with E-state index >= 15 is 0 Å². The molecule has 0 aliphatic carbocycles. The van der Waals surface area contributed by atoms with E-state index in [0.717, 1.165) is 6.07 Å². The van der Waals surface area contributed by atoms with Crippen LogP contribution in [0.3, 0.4) is 0 Å². The van der Waals surface area contributed by atoms with Crippen molar-refractivity contribution >= 4 is 23.2 Å². The van der Waals surface area contributed by atoms with Crippen molar-refractivity contribution in [2.24, 2.45) is 11.7 Å². The second-order valence-corrected chi connectivity index (χ2v) is 4.77. The summed E-state index contributed by atoms with van der Waals surface area (Å²) in [7, 11) is 0. The molecular weight excluding hydrogens is 276 g/mol. The minimum Gasteiger partial charge on any atom is -0.393 e. The van der Waals surface area contributed by atoms with Gasteiger partial charge in [0.1, 0.15) is 11.7 Å². The number of anilines is 1. The van der Waals surface area contributed by atoms with E-state index in [1.807, 2.05) is 6.92 Å². The number of nitrogens with two attached hydrogens (primary N) is 2. The van der Waals surface area contributed by atoms with Crippen LogP contribution in [0.15, 0.2) is 18.2 Å². The van der Waals surface area contributed by atoms with Crippen molar-refractivity contribution in [3.63, 3.8) is 0 Å². The van der Waals surface area contributed by atoms with E-state index in [1.54, 1.807) is 6.92 Å². The molecule has 0 aliphatic rings. The van der Waals surface area contributed by atoms with Gasteiger partial charge in [0.2, 0.25) is 5.91 Å². The third-order valence-electron chi connectivity index (χ3n) is 3.30. The Labute approximate surface area is 121 Å². The number of nitrogen functional groups attached to an aromatic ring is 1. The van der Waals surface area contributed by atoms with Crippen molar-refractivity contribution in [3.05, 3.63) is 33.9 Å². The van der Waals surface area contributed by atoms with Crippen LogP contribution in [0.25, 0.3) is 0 Å². The fourth-order valence-electron chi connectivity index (χ4n) is 1.80. The van der Waals surface area contributed by atoms with Crippen molar-refractivity contribution in [3.8, 4) is 0 Å². The number of primary amides is 1. The molecule has 0 saturated heterocycles. The molecule has 0 aliphatic heterocycles. The monoisotopic (exact) mass is 294 g/mol. The molecule has 21 heavy (non-hydrogen) atoms. The molecule has 0 heterocycles. The molecule has 2 unspecified atom stereocenters. The zero-order chi connectivity index (χ0) is 16.2. The Kier molecular flexibility index (Phi) is 5.23. The highest BCUT2D eigenvalue weighted by Crippen LogP contribution is 2.22. The normalized spacial score (nSPS) is 13.2. The molecule has 0 aromatic heterocycles. The van der Waals surface area contributed by atoms with E-state index in [9.17, 15) is 19.7 Å². The van der Waals surface area contributed by atoms with Gasteiger partial charge in [-0.3, -0.25) is 19.7 Å². The minimum atomic E-state index is -0.834. The molecule has 1 aromatic rings. The van der Waals surface area contributed by atoms with Gasteiger partial charge >= 0.3 is 0 Å². The van der Waals surface area contributed by atoms with Crippen molar-refractivity contribution < 1.29 is 14.5 Å². The average Bonchev–Trinajstić information content (AvgIpc) is 2.43. The molecule has 2 atom stereocenters. The van der Waals surface area contributed by atoms with E-state index in [0.29, 0.717) is 6.42 Å². The maximum Gasteiger partial charge on any atom is 0.292 e. The second kappa shape index (κ2) is 6.69. The SMILES string of the molecule is CCC(C)C(NC(=O)c1ccc(N)c([N+](=O)[O-])c1)C(N)=O. The lowest BCUT2D eigenvalue weighted by Gasteiger charge is -2.21.